The first kappa shape index (κ1) is 14.3. The molecule has 1 heterocycles. The second kappa shape index (κ2) is 6.22. The van der Waals surface area contributed by atoms with Gasteiger partial charge in [-0.05, 0) is 26.7 Å². The largest absolute Gasteiger partial charge is 0.487 e. The topological polar surface area (TPSA) is 83.5 Å². The Hall–Kier alpha value is -1.80. The lowest BCUT2D eigenvalue weighted by Gasteiger charge is -2.14. The summed E-state index contributed by atoms with van der Waals surface area (Å²) in [4.78, 5) is 11.5. The van der Waals surface area contributed by atoms with E-state index in [0.717, 1.165) is 0 Å². The van der Waals surface area contributed by atoms with Crippen molar-refractivity contribution in [1.29, 1.82) is 5.26 Å². The molecule has 0 atom stereocenters. The average Bonchev–Trinajstić information content (AvgIpc) is 2.36. The van der Waals surface area contributed by atoms with Gasteiger partial charge in [-0.15, -0.1) is 0 Å². The number of nitrogens with zero attached hydrogens (tertiary/aromatic N) is 1. The van der Waals surface area contributed by atoms with Gasteiger partial charge in [0.25, 0.3) is 0 Å². The lowest BCUT2D eigenvalue weighted by Crippen LogP contribution is -2.12. The van der Waals surface area contributed by atoms with Crippen LogP contribution >= 0.6 is 0 Å². The molecule has 0 radical (unpaired) electrons. The van der Waals surface area contributed by atoms with Crippen molar-refractivity contribution in [3.63, 3.8) is 0 Å². The van der Waals surface area contributed by atoms with Crippen LogP contribution < -0.4 is 10.2 Å². The molecule has 1 rings (SSSR count). The summed E-state index contributed by atoms with van der Waals surface area (Å²) in [5.41, 5.74) is -0.695. The van der Waals surface area contributed by atoms with Crippen LogP contribution in [-0.2, 0) is 6.61 Å². The Morgan fingerprint density at radius 1 is 1.56 bits per heavy atom. The molecule has 0 unspecified atom stereocenters. The van der Waals surface area contributed by atoms with Crippen LogP contribution in [0.2, 0.25) is 0 Å². The number of nitriles is 1. The molecule has 1 aromatic rings. The molecule has 0 saturated carbocycles. The van der Waals surface area contributed by atoms with E-state index in [-0.39, 0.29) is 29.0 Å². The second-order valence-electron chi connectivity index (χ2n) is 4.68. The maximum Gasteiger partial charge on any atom is 0.227 e. The van der Waals surface area contributed by atoms with Gasteiger partial charge in [-0.3, -0.25) is 4.79 Å². The van der Waals surface area contributed by atoms with Gasteiger partial charge in [-0.2, -0.15) is 5.26 Å². The molecule has 0 bridgehead atoms. The first-order valence-corrected chi connectivity index (χ1v) is 5.75. The maximum atomic E-state index is 11.5. The number of hydrogen-bond donors (Lipinski definition) is 1. The van der Waals surface area contributed by atoms with Crippen molar-refractivity contribution >= 4 is 0 Å². The summed E-state index contributed by atoms with van der Waals surface area (Å²) in [6, 6.07) is 3.41. The number of ether oxygens (including phenoxy) is 1. The quantitative estimate of drug-likeness (QED) is 0.780. The van der Waals surface area contributed by atoms with Crippen LogP contribution in [-0.4, -0.2) is 11.7 Å². The van der Waals surface area contributed by atoms with Crippen LogP contribution in [0, 0.1) is 16.7 Å². The standard InChI is InChI=1S/C13H17NO4/c1-13(2,9-14)4-3-5-17-12-8-18-10(7-15)6-11(12)16/h6,8,15H,3-5,7H2,1-2H3. The van der Waals surface area contributed by atoms with Gasteiger partial charge in [0.05, 0.1) is 18.1 Å². The molecule has 0 aromatic carbocycles. The highest BCUT2D eigenvalue weighted by molar-refractivity contribution is 5.17. The summed E-state index contributed by atoms with van der Waals surface area (Å²) in [5, 5.41) is 17.6. The fraction of sp³-hybridized carbons (Fsp3) is 0.538. The van der Waals surface area contributed by atoms with E-state index in [1.807, 2.05) is 13.8 Å². The Balaban J connectivity index is 2.46. The van der Waals surface area contributed by atoms with Crippen molar-refractivity contribution in [3.8, 4) is 11.8 Å². The molecule has 5 heteroatoms. The van der Waals surface area contributed by atoms with Gasteiger partial charge in [0.2, 0.25) is 11.2 Å². The van der Waals surface area contributed by atoms with Crippen molar-refractivity contribution in [3.05, 3.63) is 28.3 Å². The minimum absolute atomic E-state index is 0.127. The van der Waals surface area contributed by atoms with Crippen LogP contribution in [0.4, 0.5) is 0 Å². The SMILES string of the molecule is CC(C)(C#N)CCCOc1coc(CO)cc1=O. The fourth-order valence-electron chi connectivity index (χ4n) is 1.38. The van der Waals surface area contributed by atoms with Crippen LogP contribution in [0.15, 0.2) is 21.5 Å². The van der Waals surface area contributed by atoms with E-state index in [2.05, 4.69) is 6.07 Å². The molecule has 0 aliphatic heterocycles. The Kier molecular flexibility index (Phi) is 4.93. The van der Waals surface area contributed by atoms with Gasteiger partial charge in [0, 0.05) is 6.07 Å². The first-order chi connectivity index (χ1) is 8.48. The normalized spacial score (nSPS) is 11.0. The number of hydrogen-bond acceptors (Lipinski definition) is 5. The lowest BCUT2D eigenvalue weighted by atomic mass is 9.90. The van der Waals surface area contributed by atoms with Crippen molar-refractivity contribution in [2.75, 3.05) is 6.61 Å². The van der Waals surface area contributed by atoms with Crippen molar-refractivity contribution < 1.29 is 14.3 Å². The second-order valence-corrected chi connectivity index (χ2v) is 4.68. The molecule has 1 N–H and O–H groups in total. The van der Waals surface area contributed by atoms with Gasteiger partial charge < -0.3 is 14.3 Å². The third-order valence-electron chi connectivity index (χ3n) is 2.51. The zero-order valence-corrected chi connectivity index (χ0v) is 10.6. The third-order valence-corrected chi connectivity index (χ3v) is 2.51. The molecule has 0 aliphatic carbocycles. The van der Waals surface area contributed by atoms with E-state index in [4.69, 9.17) is 19.5 Å². The molecule has 18 heavy (non-hydrogen) atoms. The Labute approximate surface area is 106 Å². The van der Waals surface area contributed by atoms with Gasteiger partial charge in [-0.25, -0.2) is 0 Å². The van der Waals surface area contributed by atoms with E-state index in [1.54, 1.807) is 0 Å². The summed E-state index contributed by atoms with van der Waals surface area (Å²) >= 11 is 0. The monoisotopic (exact) mass is 251 g/mol. The molecule has 0 fully saturated rings. The smallest absolute Gasteiger partial charge is 0.227 e. The van der Waals surface area contributed by atoms with Crippen molar-refractivity contribution in [1.82, 2.24) is 0 Å². The highest BCUT2D eigenvalue weighted by Crippen LogP contribution is 2.20. The van der Waals surface area contributed by atoms with Crippen LogP contribution in [0.5, 0.6) is 5.75 Å². The molecule has 1 aromatic heterocycles. The van der Waals surface area contributed by atoms with E-state index in [1.165, 1.54) is 12.3 Å². The predicted octanol–water partition coefficient (Wildman–Crippen LogP) is 1.84. The first-order valence-electron chi connectivity index (χ1n) is 5.75. The van der Waals surface area contributed by atoms with Gasteiger partial charge in [0.15, 0.2) is 0 Å². The molecule has 0 aliphatic rings. The summed E-state index contributed by atoms with van der Waals surface area (Å²) in [5.74, 6) is 0.333. The highest BCUT2D eigenvalue weighted by Gasteiger charge is 2.15. The predicted molar refractivity (Wildman–Crippen MR) is 65.0 cm³/mol. The molecule has 0 spiro atoms. The van der Waals surface area contributed by atoms with E-state index in [0.29, 0.717) is 19.4 Å². The lowest BCUT2D eigenvalue weighted by molar-refractivity contribution is 0.235. The van der Waals surface area contributed by atoms with Crippen LogP contribution in [0.3, 0.4) is 0 Å². The molecule has 0 amide bonds. The molecular weight excluding hydrogens is 234 g/mol. The minimum Gasteiger partial charge on any atom is -0.487 e. The van der Waals surface area contributed by atoms with E-state index < -0.39 is 0 Å². The van der Waals surface area contributed by atoms with Gasteiger partial charge in [0.1, 0.15) is 18.6 Å². The fourth-order valence-corrected chi connectivity index (χ4v) is 1.38. The highest BCUT2D eigenvalue weighted by atomic mass is 16.5. The van der Waals surface area contributed by atoms with Gasteiger partial charge in [-0.1, -0.05) is 0 Å². The summed E-state index contributed by atoms with van der Waals surface area (Å²) in [6.07, 6.45) is 2.58. The zero-order chi connectivity index (χ0) is 13.6. The molecule has 5 nitrogen and oxygen atoms in total. The summed E-state index contributed by atoms with van der Waals surface area (Å²) < 4.78 is 10.3. The number of rotatable bonds is 6. The van der Waals surface area contributed by atoms with Crippen LogP contribution in [0.1, 0.15) is 32.4 Å². The van der Waals surface area contributed by atoms with E-state index in [9.17, 15) is 4.79 Å². The van der Waals surface area contributed by atoms with E-state index >= 15 is 0 Å². The molecule has 0 saturated heterocycles. The van der Waals surface area contributed by atoms with Crippen molar-refractivity contribution in [2.24, 2.45) is 5.41 Å². The summed E-state index contributed by atoms with van der Waals surface area (Å²) in [6.45, 7) is 3.76. The summed E-state index contributed by atoms with van der Waals surface area (Å²) in [7, 11) is 0. The van der Waals surface area contributed by atoms with Crippen LogP contribution in [0.25, 0.3) is 0 Å². The minimum atomic E-state index is -0.380. The molecular formula is C13H17NO4. The maximum absolute atomic E-state index is 11.5. The van der Waals surface area contributed by atoms with Crippen molar-refractivity contribution in [2.45, 2.75) is 33.3 Å². The molecule has 98 valence electrons. The van der Waals surface area contributed by atoms with Gasteiger partial charge >= 0.3 is 0 Å². The Bertz CT molecular complexity index is 484. The average molecular weight is 251 g/mol. The zero-order valence-electron chi connectivity index (χ0n) is 10.6. The Morgan fingerprint density at radius 2 is 2.28 bits per heavy atom. The number of aliphatic hydroxyl groups excluding tert-OH is 1. The Morgan fingerprint density at radius 3 is 2.83 bits per heavy atom. The third kappa shape index (κ3) is 4.22. The number of aliphatic hydroxyl groups is 1.